The maximum atomic E-state index is 12.3. The summed E-state index contributed by atoms with van der Waals surface area (Å²) in [5.41, 5.74) is 0.804. The summed E-state index contributed by atoms with van der Waals surface area (Å²) in [6.07, 6.45) is 6.28. The molecular formula is C16H23ClN2O. The van der Waals surface area contributed by atoms with E-state index < -0.39 is 0 Å². The molecule has 1 N–H and O–H groups in total. The zero-order valence-electron chi connectivity index (χ0n) is 12.1. The van der Waals surface area contributed by atoms with Crippen molar-refractivity contribution in [2.45, 2.75) is 45.1 Å². The number of likely N-dealkylation sites (tertiary alicyclic amines) is 1. The fourth-order valence-electron chi connectivity index (χ4n) is 2.60. The van der Waals surface area contributed by atoms with Crippen LogP contribution in [0, 0.1) is 0 Å². The van der Waals surface area contributed by atoms with Gasteiger partial charge in [0.1, 0.15) is 0 Å². The zero-order chi connectivity index (χ0) is 14.4. The molecule has 3 nitrogen and oxygen atoms in total. The number of hydrogen-bond acceptors (Lipinski definition) is 2. The summed E-state index contributed by atoms with van der Waals surface area (Å²) in [7, 11) is 0. The van der Waals surface area contributed by atoms with Crippen LogP contribution in [0.15, 0.2) is 24.3 Å². The predicted octanol–water partition coefficient (Wildman–Crippen LogP) is 3.93. The van der Waals surface area contributed by atoms with Gasteiger partial charge in [0.25, 0.3) is 0 Å². The van der Waals surface area contributed by atoms with Gasteiger partial charge in [-0.25, -0.2) is 0 Å². The topological polar surface area (TPSA) is 32.3 Å². The molecule has 4 heteroatoms. The van der Waals surface area contributed by atoms with Crippen LogP contribution in [0.3, 0.4) is 0 Å². The Morgan fingerprint density at radius 1 is 1.10 bits per heavy atom. The lowest BCUT2D eigenvalue weighted by Gasteiger charge is -2.29. The highest BCUT2D eigenvalue weighted by Gasteiger charge is 2.21. The molecule has 20 heavy (non-hydrogen) atoms. The Labute approximate surface area is 126 Å². The summed E-state index contributed by atoms with van der Waals surface area (Å²) in [6, 6.07) is 7.17. The van der Waals surface area contributed by atoms with Gasteiger partial charge in [-0.3, -0.25) is 9.69 Å². The smallest absolute Gasteiger partial charge is 0.241 e. The second kappa shape index (κ2) is 7.65. The van der Waals surface area contributed by atoms with Gasteiger partial charge in [-0.2, -0.15) is 0 Å². The first-order valence-electron chi connectivity index (χ1n) is 7.47. The Morgan fingerprint density at radius 3 is 2.25 bits per heavy atom. The molecule has 0 aromatic heterocycles. The monoisotopic (exact) mass is 294 g/mol. The maximum absolute atomic E-state index is 12.3. The molecular weight excluding hydrogens is 272 g/mol. The highest BCUT2D eigenvalue weighted by Crippen LogP contribution is 2.16. The number of nitrogens with one attached hydrogen (secondary N) is 1. The molecule has 0 spiro atoms. The van der Waals surface area contributed by atoms with Crippen LogP contribution in [-0.2, 0) is 4.79 Å². The minimum absolute atomic E-state index is 0.0629. The van der Waals surface area contributed by atoms with Gasteiger partial charge in [0.2, 0.25) is 5.91 Å². The normalized spacial score (nSPS) is 18.9. The first-order chi connectivity index (χ1) is 9.66. The Balaban J connectivity index is 1.91. The third-order valence-corrected chi connectivity index (χ3v) is 4.18. The van der Waals surface area contributed by atoms with Crippen LogP contribution < -0.4 is 5.32 Å². The molecule has 1 aromatic rings. The SMILES string of the molecule is C[C@H](C(=O)Nc1ccc(Cl)cc1)N1CCCCCCC1. The van der Waals surface area contributed by atoms with Crippen LogP contribution in [0.1, 0.15) is 39.0 Å². The Bertz CT molecular complexity index is 425. The number of carbonyl (C=O) groups excluding carboxylic acids is 1. The van der Waals surface area contributed by atoms with E-state index in [-0.39, 0.29) is 11.9 Å². The molecule has 1 saturated heterocycles. The highest BCUT2D eigenvalue weighted by molar-refractivity contribution is 6.30. The second-order valence-electron chi connectivity index (χ2n) is 5.48. The molecule has 0 bridgehead atoms. The van der Waals surface area contributed by atoms with Crippen LogP contribution in [0.25, 0.3) is 0 Å². The van der Waals surface area contributed by atoms with E-state index in [4.69, 9.17) is 11.6 Å². The van der Waals surface area contributed by atoms with Gasteiger partial charge in [-0.15, -0.1) is 0 Å². The first kappa shape index (κ1) is 15.3. The second-order valence-corrected chi connectivity index (χ2v) is 5.91. The lowest BCUT2D eigenvalue weighted by Crippen LogP contribution is -2.43. The lowest BCUT2D eigenvalue weighted by molar-refractivity contribution is -0.120. The summed E-state index contributed by atoms with van der Waals surface area (Å²) in [4.78, 5) is 14.6. The molecule has 1 aliphatic rings. The lowest BCUT2D eigenvalue weighted by atomic mass is 10.1. The third kappa shape index (κ3) is 4.50. The number of nitrogens with zero attached hydrogens (tertiary/aromatic N) is 1. The van der Waals surface area contributed by atoms with Crippen molar-refractivity contribution in [3.63, 3.8) is 0 Å². The van der Waals surface area contributed by atoms with Crippen molar-refractivity contribution < 1.29 is 4.79 Å². The Kier molecular flexibility index (Phi) is 5.86. The highest BCUT2D eigenvalue weighted by atomic mass is 35.5. The molecule has 1 amide bonds. The summed E-state index contributed by atoms with van der Waals surface area (Å²) >= 11 is 5.85. The predicted molar refractivity (Wildman–Crippen MR) is 84.2 cm³/mol. The van der Waals surface area contributed by atoms with E-state index in [1.807, 2.05) is 19.1 Å². The van der Waals surface area contributed by atoms with E-state index in [2.05, 4.69) is 10.2 Å². The molecule has 110 valence electrons. The van der Waals surface area contributed by atoms with Crippen molar-refractivity contribution in [1.29, 1.82) is 0 Å². The molecule has 0 radical (unpaired) electrons. The minimum atomic E-state index is -0.0798. The van der Waals surface area contributed by atoms with Gasteiger partial charge in [0, 0.05) is 10.7 Å². The van der Waals surface area contributed by atoms with Gasteiger partial charge in [0.15, 0.2) is 0 Å². The van der Waals surface area contributed by atoms with Gasteiger partial charge in [-0.1, -0.05) is 30.9 Å². The van der Waals surface area contributed by atoms with E-state index in [1.165, 1.54) is 32.1 Å². The summed E-state index contributed by atoms with van der Waals surface area (Å²) in [6.45, 7) is 4.04. The van der Waals surface area contributed by atoms with E-state index in [0.29, 0.717) is 5.02 Å². The van der Waals surface area contributed by atoms with Crippen LogP contribution in [0.2, 0.25) is 5.02 Å². The quantitative estimate of drug-likeness (QED) is 0.916. The summed E-state index contributed by atoms with van der Waals surface area (Å²) in [5, 5.41) is 3.64. The number of rotatable bonds is 3. The summed E-state index contributed by atoms with van der Waals surface area (Å²) < 4.78 is 0. The molecule has 1 heterocycles. The molecule has 0 unspecified atom stereocenters. The molecule has 1 aromatic carbocycles. The Morgan fingerprint density at radius 2 is 1.65 bits per heavy atom. The number of carbonyl (C=O) groups is 1. The number of hydrogen-bond donors (Lipinski definition) is 1. The maximum Gasteiger partial charge on any atom is 0.241 e. The van der Waals surface area contributed by atoms with Crippen molar-refractivity contribution in [2.75, 3.05) is 18.4 Å². The van der Waals surface area contributed by atoms with Crippen molar-refractivity contribution >= 4 is 23.2 Å². The molecule has 1 atom stereocenters. The molecule has 2 rings (SSSR count). The average molecular weight is 295 g/mol. The van der Waals surface area contributed by atoms with Crippen molar-refractivity contribution in [3.8, 4) is 0 Å². The van der Waals surface area contributed by atoms with Crippen molar-refractivity contribution in [3.05, 3.63) is 29.3 Å². The first-order valence-corrected chi connectivity index (χ1v) is 7.85. The zero-order valence-corrected chi connectivity index (χ0v) is 12.8. The number of benzene rings is 1. The standard InChI is InChI=1S/C16H23ClN2O/c1-13(19-11-5-3-2-4-6-12-19)16(20)18-15-9-7-14(17)8-10-15/h7-10,13H,2-6,11-12H2,1H3,(H,18,20)/t13-/m1/s1. The van der Waals surface area contributed by atoms with Gasteiger partial charge in [-0.05, 0) is 57.1 Å². The average Bonchev–Trinajstić information content (AvgIpc) is 2.40. The van der Waals surface area contributed by atoms with Crippen LogP contribution >= 0.6 is 11.6 Å². The van der Waals surface area contributed by atoms with E-state index in [9.17, 15) is 4.79 Å². The van der Waals surface area contributed by atoms with Crippen LogP contribution in [0.5, 0.6) is 0 Å². The fraction of sp³-hybridized carbons (Fsp3) is 0.562. The van der Waals surface area contributed by atoms with Gasteiger partial charge < -0.3 is 5.32 Å². The third-order valence-electron chi connectivity index (χ3n) is 3.93. The number of halogens is 1. The molecule has 1 aliphatic heterocycles. The van der Waals surface area contributed by atoms with Crippen LogP contribution in [0.4, 0.5) is 5.69 Å². The number of amides is 1. The van der Waals surface area contributed by atoms with Gasteiger partial charge >= 0.3 is 0 Å². The number of anilines is 1. The van der Waals surface area contributed by atoms with E-state index in [1.54, 1.807) is 12.1 Å². The van der Waals surface area contributed by atoms with Gasteiger partial charge in [0.05, 0.1) is 6.04 Å². The largest absolute Gasteiger partial charge is 0.325 e. The summed E-state index contributed by atoms with van der Waals surface area (Å²) in [5.74, 6) is 0.0629. The molecule has 0 aliphatic carbocycles. The van der Waals surface area contributed by atoms with E-state index >= 15 is 0 Å². The van der Waals surface area contributed by atoms with Crippen LogP contribution in [-0.4, -0.2) is 29.9 Å². The molecule has 1 fully saturated rings. The van der Waals surface area contributed by atoms with Crippen molar-refractivity contribution in [1.82, 2.24) is 4.90 Å². The molecule has 0 saturated carbocycles. The Hall–Kier alpha value is -1.06. The van der Waals surface area contributed by atoms with Crippen molar-refractivity contribution in [2.24, 2.45) is 0 Å². The fourth-order valence-corrected chi connectivity index (χ4v) is 2.73. The minimum Gasteiger partial charge on any atom is -0.325 e. The van der Waals surface area contributed by atoms with E-state index in [0.717, 1.165) is 18.8 Å².